The van der Waals surface area contributed by atoms with Gasteiger partial charge in [-0.3, -0.25) is 4.79 Å². The number of hydrogen-bond donors (Lipinski definition) is 1. The minimum atomic E-state index is -0.371. The van der Waals surface area contributed by atoms with Crippen LogP contribution in [0.15, 0.2) is 34.5 Å². The molecule has 1 rings (SSSR count). The molecule has 0 aliphatic heterocycles. The highest BCUT2D eigenvalue weighted by Crippen LogP contribution is 2.08. The highest BCUT2D eigenvalue weighted by molar-refractivity contribution is 9.10. The Hall–Kier alpha value is -1.10. The molecular weight excluding hydrogens is 231 g/mol. The normalized spacial score (nSPS) is 11.3. The minimum Gasteiger partial charge on any atom is -0.405 e. The molecule has 0 atom stereocenters. The van der Waals surface area contributed by atoms with Gasteiger partial charge in [-0.25, -0.2) is 4.98 Å². The maximum Gasteiger partial charge on any atom is 0.198 e. The number of nitrogens with zero attached hydrogens (tertiary/aromatic N) is 1. The van der Waals surface area contributed by atoms with Crippen LogP contribution in [0.25, 0.3) is 0 Å². The van der Waals surface area contributed by atoms with E-state index < -0.39 is 0 Å². The predicted molar refractivity (Wildman–Crippen MR) is 54.3 cm³/mol. The third kappa shape index (κ3) is 2.42. The first-order valence-corrected chi connectivity index (χ1v) is 4.29. The lowest BCUT2D eigenvalue weighted by atomic mass is 9.91. The molecule has 3 nitrogen and oxygen atoms in total. The third-order valence-corrected chi connectivity index (χ3v) is 1.83. The van der Waals surface area contributed by atoms with E-state index in [4.69, 9.17) is 13.6 Å². The van der Waals surface area contributed by atoms with Crippen molar-refractivity contribution in [2.24, 2.45) is 5.73 Å². The van der Waals surface area contributed by atoms with E-state index in [1.807, 2.05) is 0 Å². The van der Waals surface area contributed by atoms with E-state index in [1.165, 1.54) is 0 Å². The van der Waals surface area contributed by atoms with Gasteiger partial charge in [0.2, 0.25) is 0 Å². The number of hydrogen-bond acceptors (Lipinski definition) is 3. The SMILES string of the molecule is [B]/C(=C/N)C(=O)c1cccc(Br)n1. The topological polar surface area (TPSA) is 56.0 Å². The molecule has 0 amide bonds. The molecule has 0 aromatic carbocycles. The maximum atomic E-state index is 11.4. The summed E-state index contributed by atoms with van der Waals surface area (Å²) in [4.78, 5) is 15.3. The van der Waals surface area contributed by atoms with Crippen molar-refractivity contribution >= 4 is 29.6 Å². The van der Waals surface area contributed by atoms with Gasteiger partial charge in [0.25, 0.3) is 0 Å². The lowest BCUT2D eigenvalue weighted by Crippen LogP contribution is -2.07. The highest BCUT2D eigenvalue weighted by atomic mass is 79.9. The first-order chi connectivity index (χ1) is 6.15. The second kappa shape index (κ2) is 4.23. The number of allylic oxidation sites excluding steroid dienone is 1. The molecule has 0 fully saturated rings. The average Bonchev–Trinajstić information content (AvgIpc) is 2.15. The zero-order chi connectivity index (χ0) is 9.84. The molecule has 0 bridgehead atoms. The molecule has 2 radical (unpaired) electrons. The zero-order valence-electron chi connectivity index (χ0n) is 6.70. The molecule has 0 aliphatic carbocycles. The Kier molecular flexibility index (Phi) is 3.25. The Morgan fingerprint density at radius 1 is 1.62 bits per heavy atom. The van der Waals surface area contributed by atoms with Crippen molar-refractivity contribution in [3.63, 3.8) is 0 Å². The first kappa shape index (κ1) is 9.99. The van der Waals surface area contributed by atoms with Crippen LogP contribution in [0.4, 0.5) is 0 Å². The van der Waals surface area contributed by atoms with Crippen LogP contribution in [0.2, 0.25) is 0 Å². The Morgan fingerprint density at radius 3 is 2.85 bits per heavy atom. The fraction of sp³-hybridized carbons (Fsp3) is 0. The van der Waals surface area contributed by atoms with Gasteiger partial charge in [0.1, 0.15) is 18.1 Å². The van der Waals surface area contributed by atoms with Gasteiger partial charge in [0.15, 0.2) is 5.78 Å². The van der Waals surface area contributed by atoms with Crippen molar-refractivity contribution in [3.05, 3.63) is 40.2 Å². The lowest BCUT2D eigenvalue weighted by Gasteiger charge is -1.99. The van der Waals surface area contributed by atoms with Crippen LogP contribution in [0, 0.1) is 0 Å². The van der Waals surface area contributed by atoms with Gasteiger partial charge in [0, 0.05) is 0 Å². The second-order valence-electron chi connectivity index (χ2n) is 2.30. The van der Waals surface area contributed by atoms with E-state index in [0.29, 0.717) is 4.60 Å². The van der Waals surface area contributed by atoms with Gasteiger partial charge in [-0.2, -0.15) is 0 Å². The van der Waals surface area contributed by atoms with Crippen LogP contribution < -0.4 is 5.73 Å². The Bertz CT molecular complexity index is 365. The van der Waals surface area contributed by atoms with E-state index in [0.717, 1.165) is 6.20 Å². The smallest absolute Gasteiger partial charge is 0.198 e. The molecule has 0 spiro atoms. The van der Waals surface area contributed by atoms with E-state index >= 15 is 0 Å². The van der Waals surface area contributed by atoms with E-state index in [1.54, 1.807) is 18.2 Å². The van der Waals surface area contributed by atoms with Crippen molar-refractivity contribution in [2.75, 3.05) is 0 Å². The lowest BCUT2D eigenvalue weighted by molar-refractivity contribution is 0.103. The first-order valence-electron chi connectivity index (χ1n) is 3.50. The van der Waals surface area contributed by atoms with Crippen molar-refractivity contribution in [3.8, 4) is 0 Å². The third-order valence-electron chi connectivity index (χ3n) is 1.39. The predicted octanol–water partition coefficient (Wildman–Crippen LogP) is 0.995. The molecule has 2 N–H and O–H groups in total. The van der Waals surface area contributed by atoms with Crippen molar-refractivity contribution in [1.82, 2.24) is 4.98 Å². The summed E-state index contributed by atoms with van der Waals surface area (Å²) < 4.78 is 0.586. The summed E-state index contributed by atoms with van der Waals surface area (Å²) in [6, 6.07) is 5.00. The average molecular weight is 237 g/mol. The maximum absolute atomic E-state index is 11.4. The van der Waals surface area contributed by atoms with Crippen LogP contribution in [0.5, 0.6) is 0 Å². The number of ketones is 1. The summed E-state index contributed by atoms with van der Waals surface area (Å²) in [5, 5.41) is 0. The summed E-state index contributed by atoms with van der Waals surface area (Å²) in [5.41, 5.74) is 5.36. The standard InChI is InChI=1S/C8H6BBrN2O/c9-5(4-11)8(13)6-2-1-3-7(10)12-6/h1-4H,11H2/b5-4+. The Morgan fingerprint density at radius 2 is 2.31 bits per heavy atom. The monoisotopic (exact) mass is 236 g/mol. The molecule has 64 valence electrons. The molecule has 5 heteroatoms. The summed E-state index contributed by atoms with van der Waals surface area (Å²) >= 11 is 3.15. The second-order valence-corrected chi connectivity index (χ2v) is 3.11. The van der Waals surface area contributed by atoms with Crippen LogP contribution in [-0.4, -0.2) is 18.6 Å². The summed E-state index contributed by atoms with van der Waals surface area (Å²) in [6.07, 6.45) is 1.06. The van der Waals surface area contributed by atoms with Gasteiger partial charge in [0.05, 0.1) is 0 Å². The summed E-state index contributed by atoms with van der Waals surface area (Å²) in [6.45, 7) is 0. The summed E-state index contributed by atoms with van der Waals surface area (Å²) in [7, 11) is 5.33. The minimum absolute atomic E-state index is 0.00870. The van der Waals surface area contributed by atoms with Crippen molar-refractivity contribution in [2.45, 2.75) is 0 Å². The Labute approximate surface area is 85.6 Å². The molecule has 0 aliphatic rings. The number of pyridine rings is 1. The van der Waals surface area contributed by atoms with E-state index in [9.17, 15) is 4.79 Å². The van der Waals surface area contributed by atoms with Gasteiger partial charge in [-0.05, 0) is 39.7 Å². The van der Waals surface area contributed by atoms with Crippen molar-refractivity contribution < 1.29 is 4.79 Å². The molecule has 13 heavy (non-hydrogen) atoms. The van der Waals surface area contributed by atoms with Gasteiger partial charge in [-0.15, -0.1) is 0 Å². The molecule has 0 unspecified atom stereocenters. The number of halogens is 1. The Balaban J connectivity index is 3.03. The molecule has 1 heterocycles. The fourth-order valence-corrected chi connectivity index (χ4v) is 1.10. The molecule has 1 aromatic rings. The van der Waals surface area contributed by atoms with Crippen LogP contribution in [0.3, 0.4) is 0 Å². The number of aromatic nitrogens is 1. The number of rotatable bonds is 2. The number of Topliss-reactive ketones (excluding diaryl/α,β-unsaturated/α-hetero) is 1. The number of nitrogens with two attached hydrogens (primary N) is 1. The zero-order valence-corrected chi connectivity index (χ0v) is 8.28. The highest BCUT2D eigenvalue weighted by Gasteiger charge is 2.08. The number of carbonyl (C=O) groups is 1. The van der Waals surface area contributed by atoms with Gasteiger partial charge >= 0.3 is 0 Å². The largest absolute Gasteiger partial charge is 0.405 e. The van der Waals surface area contributed by atoms with E-state index in [2.05, 4.69) is 20.9 Å². The molecule has 1 aromatic heterocycles. The quantitative estimate of drug-likeness (QED) is 0.361. The fourth-order valence-electron chi connectivity index (χ4n) is 0.758. The molecule has 0 saturated heterocycles. The van der Waals surface area contributed by atoms with Crippen LogP contribution in [-0.2, 0) is 0 Å². The molecular formula is C8H6BBrN2O. The number of carbonyl (C=O) groups excluding carboxylic acids is 1. The van der Waals surface area contributed by atoms with E-state index in [-0.39, 0.29) is 16.9 Å². The van der Waals surface area contributed by atoms with Crippen LogP contribution >= 0.6 is 15.9 Å². The van der Waals surface area contributed by atoms with Crippen molar-refractivity contribution in [1.29, 1.82) is 0 Å². The summed E-state index contributed by atoms with van der Waals surface area (Å²) in [5.74, 6) is -0.371. The molecule has 0 saturated carbocycles. The van der Waals surface area contributed by atoms with Gasteiger partial charge < -0.3 is 5.73 Å². The van der Waals surface area contributed by atoms with Crippen LogP contribution in [0.1, 0.15) is 10.5 Å². The van der Waals surface area contributed by atoms with Gasteiger partial charge in [-0.1, -0.05) is 6.07 Å².